The Morgan fingerprint density at radius 1 is 1.55 bits per heavy atom. The van der Waals surface area contributed by atoms with Gasteiger partial charge in [0.2, 0.25) is 0 Å². The first kappa shape index (κ1) is 10.6. The van der Waals surface area contributed by atoms with Crippen LogP contribution in [0, 0.1) is 11.3 Å². The molecule has 0 heterocycles. The third-order valence-corrected chi connectivity index (χ3v) is 2.35. The maximum absolute atomic E-state index is 12.5. The Labute approximate surface area is 68.0 Å². The highest BCUT2D eigenvalue weighted by molar-refractivity contribution is 5.76. The third-order valence-electron chi connectivity index (χ3n) is 2.35. The molecule has 2 heteroatoms. The van der Waals surface area contributed by atoms with E-state index in [2.05, 4.69) is 0 Å². The first-order valence-corrected chi connectivity index (χ1v) is 3.98. The zero-order valence-electron chi connectivity index (χ0n) is 7.78. The Kier molecular flexibility index (Phi) is 3.70. The van der Waals surface area contributed by atoms with Crippen LogP contribution in [0.4, 0.5) is 4.39 Å². The minimum absolute atomic E-state index is 0.0684. The molecule has 0 aromatic heterocycles. The van der Waals surface area contributed by atoms with Crippen molar-refractivity contribution in [1.29, 1.82) is 0 Å². The molecule has 1 nitrogen and oxygen atoms in total. The van der Waals surface area contributed by atoms with E-state index in [9.17, 15) is 9.18 Å². The van der Waals surface area contributed by atoms with Crippen LogP contribution >= 0.6 is 0 Å². The van der Waals surface area contributed by atoms with Crippen molar-refractivity contribution >= 4 is 5.78 Å². The fourth-order valence-electron chi connectivity index (χ4n) is 0.974. The third kappa shape index (κ3) is 3.00. The lowest BCUT2D eigenvalue weighted by Crippen LogP contribution is -2.28. The maximum Gasteiger partial charge on any atom is 0.130 e. The summed E-state index contributed by atoms with van der Waals surface area (Å²) in [5.74, 6) is 0.287. The van der Waals surface area contributed by atoms with Gasteiger partial charge in [-0.3, -0.25) is 4.39 Å². The molecule has 0 aromatic carbocycles. The van der Waals surface area contributed by atoms with Gasteiger partial charge >= 0.3 is 0 Å². The standard InChI is InChI=1S/C9H17FO/c1-7(2)9(4,6-10)5-8(3)11/h7H,5-6H2,1-4H3/t9-/m1/s1. The van der Waals surface area contributed by atoms with Gasteiger partial charge in [-0.15, -0.1) is 0 Å². The molecule has 0 radical (unpaired) electrons. The molecule has 0 amide bonds. The zero-order chi connectivity index (χ0) is 9.07. The molecular weight excluding hydrogens is 143 g/mol. The number of ketones is 1. The Morgan fingerprint density at radius 2 is 2.00 bits per heavy atom. The summed E-state index contributed by atoms with van der Waals surface area (Å²) in [7, 11) is 0. The molecule has 0 saturated heterocycles. The van der Waals surface area contributed by atoms with Crippen LogP contribution in [-0.2, 0) is 4.79 Å². The Morgan fingerprint density at radius 3 is 2.09 bits per heavy atom. The Bertz CT molecular complexity index is 142. The molecule has 0 saturated carbocycles. The monoisotopic (exact) mass is 160 g/mol. The average molecular weight is 160 g/mol. The van der Waals surface area contributed by atoms with E-state index in [1.807, 2.05) is 20.8 Å². The summed E-state index contributed by atoms with van der Waals surface area (Å²) in [6, 6.07) is 0. The molecular formula is C9H17FO. The molecule has 1 atom stereocenters. The predicted molar refractivity (Wildman–Crippen MR) is 44.2 cm³/mol. The van der Waals surface area contributed by atoms with Gasteiger partial charge in [0.25, 0.3) is 0 Å². The number of Topliss-reactive ketones (excluding diaryl/α,β-unsaturated/α-hetero) is 1. The fourth-order valence-corrected chi connectivity index (χ4v) is 0.974. The summed E-state index contributed by atoms with van der Waals surface area (Å²) in [6.45, 7) is 6.81. The summed E-state index contributed by atoms with van der Waals surface area (Å²) < 4.78 is 12.5. The van der Waals surface area contributed by atoms with Crippen LogP contribution in [0.1, 0.15) is 34.1 Å². The van der Waals surface area contributed by atoms with Gasteiger partial charge in [0, 0.05) is 11.8 Å². The van der Waals surface area contributed by atoms with Crippen molar-refractivity contribution in [3.63, 3.8) is 0 Å². The molecule has 11 heavy (non-hydrogen) atoms. The number of rotatable bonds is 4. The number of hydrogen-bond acceptors (Lipinski definition) is 1. The highest BCUT2D eigenvalue weighted by atomic mass is 19.1. The number of halogens is 1. The quantitative estimate of drug-likeness (QED) is 0.617. The van der Waals surface area contributed by atoms with E-state index in [4.69, 9.17) is 0 Å². The first-order chi connectivity index (χ1) is 4.92. The molecule has 0 aliphatic heterocycles. The summed E-state index contributed by atoms with van der Waals surface area (Å²) in [5.41, 5.74) is -0.453. The first-order valence-electron chi connectivity index (χ1n) is 3.98. The molecule has 0 rings (SSSR count). The van der Waals surface area contributed by atoms with Crippen molar-refractivity contribution in [3.05, 3.63) is 0 Å². The van der Waals surface area contributed by atoms with E-state index in [0.717, 1.165) is 0 Å². The molecule has 0 N–H and O–H groups in total. The second-order valence-corrected chi connectivity index (χ2v) is 3.82. The van der Waals surface area contributed by atoms with Crippen LogP contribution in [0.5, 0.6) is 0 Å². The van der Waals surface area contributed by atoms with Gasteiger partial charge in [0.05, 0.1) is 6.67 Å². The normalized spacial score (nSPS) is 16.5. The van der Waals surface area contributed by atoms with Crippen LogP contribution in [0.2, 0.25) is 0 Å². The minimum Gasteiger partial charge on any atom is -0.300 e. The molecule has 0 spiro atoms. The van der Waals surface area contributed by atoms with Crippen molar-refractivity contribution in [1.82, 2.24) is 0 Å². The van der Waals surface area contributed by atoms with E-state index in [1.54, 1.807) is 0 Å². The molecule has 0 bridgehead atoms. The summed E-state index contributed by atoms with van der Waals surface area (Å²) >= 11 is 0. The topological polar surface area (TPSA) is 17.1 Å². The van der Waals surface area contributed by atoms with Crippen molar-refractivity contribution in [2.75, 3.05) is 6.67 Å². The molecule has 0 aromatic rings. The van der Waals surface area contributed by atoms with Crippen molar-refractivity contribution < 1.29 is 9.18 Å². The van der Waals surface area contributed by atoms with Crippen LogP contribution in [-0.4, -0.2) is 12.5 Å². The van der Waals surface area contributed by atoms with Crippen molar-refractivity contribution in [2.24, 2.45) is 11.3 Å². The summed E-state index contributed by atoms with van der Waals surface area (Å²) in [5, 5.41) is 0. The van der Waals surface area contributed by atoms with Gasteiger partial charge in [0.15, 0.2) is 0 Å². The largest absolute Gasteiger partial charge is 0.300 e. The highest BCUT2D eigenvalue weighted by Crippen LogP contribution is 2.31. The SMILES string of the molecule is CC(=O)C[C@](C)(CF)C(C)C. The number of carbonyl (C=O) groups is 1. The van der Waals surface area contributed by atoms with Gasteiger partial charge in [-0.2, -0.15) is 0 Å². The highest BCUT2D eigenvalue weighted by Gasteiger charge is 2.29. The molecule has 0 fully saturated rings. The smallest absolute Gasteiger partial charge is 0.130 e. The van der Waals surface area contributed by atoms with E-state index >= 15 is 0 Å². The summed E-state index contributed by atoms with van der Waals surface area (Å²) in [4.78, 5) is 10.8. The van der Waals surface area contributed by atoms with Crippen LogP contribution < -0.4 is 0 Å². The fraction of sp³-hybridized carbons (Fsp3) is 0.889. The van der Waals surface area contributed by atoms with E-state index in [0.29, 0.717) is 6.42 Å². The molecule has 0 aliphatic rings. The average Bonchev–Trinajstić information content (AvgIpc) is 1.86. The second kappa shape index (κ2) is 3.84. The lowest BCUT2D eigenvalue weighted by Gasteiger charge is -2.29. The van der Waals surface area contributed by atoms with Crippen LogP contribution in [0.3, 0.4) is 0 Å². The van der Waals surface area contributed by atoms with Crippen LogP contribution in [0.25, 0.3) is 0 Å². The predicted octanol–water partition coefficient (Wildman–Crippen LogP) is 2.60. The van der Waals surface area contributed by atoms with Gasteiger partial charge in [-0.05, 0) is 12.8 Å². The van der Waals surface area contributed by atoms with Gasteiger partial charge in [-0.25, -0.2) is 0 Å². The van der Waals surface area contributed by atoms with Gasteiger partial charge in [-0.1, -0.05) is 20.8 Å². The van der Waals surface area contributed by atoms with Crippen molar-refractivity contribution in [2.45, 2.75) is 34.1 Å². The lowest BCUT2D eigenvalue weighted by molar-refractivity contribution is -0.120. The maximum atomic E-state index is 12.5. The molecule has 0 aliphatic carbocycles. The molecule has 0 unspecified atom stereocenters. The lowest BCUT2D eigenvalue weighted by atomic mass is 9.76. The van der Waals surface area contributed by atoms with Gasteiger partial charge < -0.3 is 4.79 Å². The second-order valence-electron chi connectivity index (χ2n) is 3.82. The minimum atomic E-state index is -0.453. The Hall–Kier alpha value is -0.400. The van der Waals surface area contributed by atoms with Crippen molar-refractivity contribution in [3.8, 4) is 0 Å². The van der Waals surface area contributed by atoms with E-state index in [-0.39, 0.29) is 11.7 Å². The van der Waals surface area contributed by atoms with E-state index < -0.39 is 12.1 Å². The molecule has 66 valence electrons. The number of alkyl halides is 1. The Balaban J connectivity index is 4.22. The number of hydrogen-bond donors (Lipinski definition) is 0. The number of carbonyl (C=O) groups excluding carboxylic acids is 1. The van der Waals surface area contributed by atoms with E-state index in [1.165, 1.54) is 6.92 Å². The summed E-state index contributed by atoms with van der Waals surface area (Å²) in [6.07, 6.45) is 0.348. The zero-order valence-corrected chi connectivity index (χ0v) is 7.78. The van der Waals surface area contributed by atoms with Gasteiger partial charge in [0.1, 0.15) is 5.78 Å². The van der Waals surface area contributed by atoms with Crippen LogP contribution in [0.15, 0.2) is 0 Å².